The van der Waals surface area contributed by atoms with E-state index >= 15 is 0 Å². The third-order valence-corrected chi connectivity index (χ3v) is 22.5. The minimum absolute atomic E-state index is 0.00443. The molecule has 3 heterocycles. The summed E-state index contributed by atoms with van der Waals surface area (Å²) in [5.74, 6) is -5.82. The molecule has 10 N–H and O–H groups in total. The molecule has 1 fully saturated rings. The quantitative estimate of drug-likeness (QED) is 0.00834. The number of carbonyl (C=O) groups excluding carboxylic acids is 9. The van der Waals surface area contributed by atoms with Crippen LogP contribution in [0.2, 0.25) is 0 Å². The number of ether oxygens (including phenoxy) is 5. The number of aromatic nitrogens is 3. The normalized spacial score (nSPS) is 14.8. The molecule has 1 aliphatic heterocycles. The van der Waals surface area contributed by atoms with Crippen molar-refractivity contribution >= 4 is 91.2 Å². The second kappa shape index (κ2) is 44.8. The predicted octanol–water partition coefficient (Wildman–Crippen LogP) is 6.69. The van der Waals surface area contributed by atoms with Gasteiger partial charge in [-0.15, -0.1) is 0 Å². The molecule has 0 radical (unpaired) electrons. The molecule has 1 saturated heterocycles. The molecule has 124 heavy (non-hydrogen) atoms. The maximum Gasteiger partial charge on any atom is 0.325 e. The van der Waals surface area contributed by atoms with Gasteiger partial charge >= 0.3 is 23.9 Å². The van der Waals surface area contributed by atoms with Crippen LogP contribution in [0.1, 0.15) is 139 Å². The van der Waals surface area contributed by atoms with Gasteiger partial charge < -0.3 is 73.8 Å². The van der Waals surface area contributed by atoms with Crippen LogP contribution in [0.5, 0.6) is 5.75 Å². The molecule has 676 valence electrons. The lowest BCUT2D eigenvalue weighted by Crippen LogP contribution is -2.51. The van der Waals surface area contributed by atoms with E-state index in [2.05, 4.69) is 77.6 Å². The molecule has 34 nitrogen and oxygen atoms in total. The molecular formula is C88H122N14O20S2. The van der Waals surface area contributed by atoms with Crippen molar-refractivity contribution in [1.29, 1.82) is 0 Å². The number of fused-ring (bicyclic) bond motifs is 1. The number of methoxy groups -OCH3 is 1. The van der Waals surface area contributed by atoms with Crippen LogP contribution < -0.4 is 46.8 Å². The second-order valence-electron chi connectivity index (χ2n) is 33.8. The maximum atomic E-state index is 14.1. The molecule has 0 unspecified atom stereocenters. The summed E-state index contributed by atoms with van der Waals surface area (Å²) >= 11 is 0. The number of anilines is 1. The lowest BCUT2D eigenvalue weighted by atomic mass is 9.76. The van der Waals surface area contributed by atoms with E-state index in [1.165, 1.54) is 32.2 Å². The Bertz CT molecular complexity index is 4830. The fourth-order valence-corrected chi connectivity index (χ4v) is 16.7. The number of nitrogens with one attached hydrogen (secondary N) is 7. The highest BCUT2D eigenvalue weighted by molar-refractivity contribution is 8.19. The molecule has 0 bridgehead atoms. The summed E-state index contributed by atoms with van der Waals surface area (Å²) in [6.07, 6.45) is 5.01. The number of amides is 5. The van der Waals surface area contributed by atoms with Gasteiger partial charge in [0.05, 0.1) is 66.9 Å². The summed E-state index contributed by atoms with van der Waals surface area (Å²) in [4.78, 5) is 146. The summed E-state index contributed by atoms with van der Waals surface area (Å²) in [6, 6.07) is 34.8. The number of imidazole rings is 1. The van der Waals surface area contributed by atoms with Crippen LogP contribution in [0.25, 0.3) is 10.9 Å². The average molecular weight is 1760 g/mol. The topological polar surface area (TPSA) is 432 Å². The van der Waals surface area contributed by atoms with Gasteiger partial charge in [0.15, 0.2) is 0 Å². The first-order valence-corrected chi connectivity index (χ1v) is 44.4. The Morgan fingerprint density at radius 1 is 0.581 bits per heavy atom. The first-order chi connectivity index (χ1) is 58.4. The summed E-state index contributed by atoms with van der Waals surface area (Å²) in [6.45, 7) is 22.3. The Morgan fingerprint density at radius 3 is 1.54 bits per heavy atom. The van der Waals surface area contributed by atoms with E-state index in [0.717, 1.165) is 29.4 Å². The van der Waals surface area contributed by atoms with Crippen LogP contribution in [0.4, 0.5) is 5.95 Å². The van der Waals surface area contributed by atoms with E-state index < -0.39 is 133 Å². The monoisotopic (exact) mass is 1760 g/mol. The number of aryl methyl sites for hydroxylation is 3. The summed E-state index contributed by atoms with van der Waals surface area (Å²) in [5, 5.41) is 16.8. The number of hydrogen-bond acceptors (Lipinski definition) is 26. The Hall–Kier alpha value is -10.7. The molecule has 0 saturated carbocycles. The van der Waals surface area contributed by atoms with Crippen molar-refractivity contribution in [3.05, 3.63) is 189 Å². The summed E-state index contributed by atoms with van der Waals surface area (Å²) < 4.78 is 92.2. The first kappa shape index (κ1) is 98.8. The Labute approximate surface area is 726 Å². The largest absolute Gasteiger partial charge is 0.494 e. The lowest BCUT2D eigenvalue weighted by Gasteiger charge is -2.38. The Kier molecular flexibility index (Phi) is 35.7. The molecule has 8 rings (SSSR count). The zero-order chi connectivity index (χ0) is 90.9. The zero-order valence-electron chi connectivity index (χ0n) is 73.3. The van der Waals surface area contributed by atoms with Crippen LogP contribution in [0.3, 0.4) is 0 Å². The number of carbonyl (C=O) groups is 9. The lowest BCUT2D eigenvalue weighted by molar-refractivity contribution is -0.158. The van der Waals surface area contributed by atoms with Crippen molar-refractivity contribution in [2.45, 2.75) is 161 Å². The Balaban J connectivity index is 0.783. The zero-order valence-corrected chi connectivity index (χ0v) is 74.9. The van der Waals surface area contributed by atoms with Crippen molar-refractivity contribution in [2.75, 3.05) is 123 Å². The highest BCUT2D eigenvalue weighted by Crippen LogP contribution is 2.43. The number of sulfonamides is 1. The van der Waals surface area contributed by atoms with Crippen LogP contribution in [0, 0.1) is 13.8 Å². The molecule has 36 heteroatoms. The number of benzene rings is 5. The van der Waals surface area contributed by atoms with Crippen molar-refractivity contribution < 1.29 is 88.9 Å². The molecule has 5 amide bonds. The number of esters is 4. The molecular weight excluding hydrogens is 1640 g/mol. The van der Waals surface area contributed by atoms with Crippen LogP contribution in [-0.2, 0) is 86.5 Å². The molecule has 0 spiro atoms. The third-order valence-electron chi connectivity index (χ3n) is 19.9. The van der Waals surface area contributed by atoms with Crippen LogP contribution in [-0.4, -0.2) is 262 Å². The average Bonchev–Trinajstić information content (AvgIpc) is 1.24. The van der Waals surface area contributed by atoms with Crippen molar-refractivity contribution in [2.24, 2.45) is 7.05 Å². The highest BCUT2D eigenvalue weighted by atomic mass is 32.3. The molecule has 3 atom stereocenters. The van der Waals surface area contributed by atoms with Gasteiger partial charge in [0.1, 0.15) is 45.7 Å². The van der Waals surface area contributed by atoms with E-state index in [1.54, 1.807) is 99.2 Å². The predicted molar refractivity (Wildman–Crippen MR) is 471 cm³/mol. The molecule has 0 aliphatic carbocycles. The van der Waals surface area contributed by atoms with E-state index in [1.807, 2.05) is 86.5 Å². The number of pyridine rings is 1. The smallest absolute Gasteiger partial charge is 0.325 e. The van der Waals surface area contributed by atoms with Crippen molar-refractivity contribution in [3.8, 4) is 5.75 Å². The van der Waals surface area contributed by atoms with Gasteiger partial charge in [0.25, 0.3) is 5.91 Å². The van der Waals surface area contributed by atoms with Gasteiger partial charge in [-0.05, 0) is 154 Å². The first-order valence-electron chi connectivity index (χ1n) is 41.2. The Morgan fingerprint density at radius 2 is 1.06 bits per heavy atom. The minimum atomic E-state index is -4.53. The highest BCUT2D eigenvalue weighted by Gasteiger charge is 2.41. The van der Waals surface area contributed by atoms with E-state index in [4.69, 9.17) is 28.7 Å². The number of rotatable bonds is 38. The van der Waals surface area contributed by atoms with Gasteiger partial charge in [-0.2, -0.15) is 4.72 Å². The van der Waals surface area contributed by atoms with Gasteiger partial charge in [0, 0.05) is 128 Å². The van der Waals surface area contributed by atoms with Gasteiger partial charge in [-0.3, -0.25) is 72.1 Å². The summed E-state index contributed by atoms with van der Waals surface area (Å²) in [7, 11) is -6.12. The summed E-state index contributed by atoms with van der Waals surface area (Å²) in [5.41, 5.74) is 0.876. The SMILES string of the molecule is COC(=O)[C@H](CNC(=O)c1cn(C)c2cc(CNc3nccn3C(c3ccccc3)(c3ccccc3)c3ccccc3)ccc2c1=O)NS(=O)(=O)c1c(C)cc(OCCCC(=O)NCCNC(=O)[C@H](CS(O)(O)O)NC(=O)CC[C@@H](C)NC(=O)CN2CCN(CC(=O)OC(C)(C)C)CCN(CC(=O)OC(C)(C)C)CCN(CC(=O)OC(C)(C)C)CC2)cc1C. The fraction of sp³-hybridized carbons (Fsp3) is 0.489. The number of hydrogen-bond donors (Lipinski definition) is 10. The molecule has 7 aromatic rings. The van der Waals surface area contributed by atoms with Gasteiger partial charge in [-0.1, -0.05) is 97.1 Å². The van der Waals surface area contributed by atoms with E-state index in [-0.39, 0.29) is 104 Å². The van der Waals surface area contributed by atoms with Crippen LogP contribution in [0.15, 0.2) is 150 Å². The maximum absolute atomic E-state index is 14.1. The number of nitrogens with zero attached hydrogens (tertiary/aromatic N) is 7. The molecule has 2 aromatic heterocycles. The van der Waals surface area contributed by atoms with E-state index in [0.29, 0.717) is 70.4 Å². The van der Waals surface area contributed by atoms with Gasteiger partial charge in [0.2, 0.25) is 45.0 Å². The molecule has 1 aliphatic rings. The van der Waals surface area contributed by atoms with Crippen molar-refractivity contribution in [1.82, 2.24) is 65.0 Å². The third kappa shape index (κ3) is 30.6. The van der Waals surface area contributed by atoms with Crippen molar-refractivity contribution in [3.63, 3.8) is 0 Å². The van der Waals surface area contributed by atoms with Crippen LogP contribution >= 0.6 is 10.9 Å². The minimum Gasteiger partial charge on any atom is -0.494 e. The standard InChI is InChI=1S/C88H122N14O20S2/c1-60-49-67(50-61(2)80(60)124(116,117)96-70(83(112)118-14)53-92-81(110)69-54-97(13)72-51-63(33-34-68(72)79(69)109)52-93-84-91-38-39-102(84)88(64-25-18-15-19-26-64,65-27-20-16-21-28-65)66-29-22-17-23-30-66)119-48-24-31-73(103)89-36-37-90-82(111)71(59-123(113,114)115)95-74(104)35-32-62(3)94-75(105)55-98-40-42-99(56-76(106)120-85(4,5)6)44-46-101(58-78(108)122-87(10,11)12)47-45-100(43-41-98)57-77(107)121-86(7,8)9/h15-23,25-30,33-34,38-39,49-51,54,62,70-71,96,113-115H,24,31-32,35-37,40-48,52-53,55-59H2,1-14H3,(H,89,103)(H,90,111)(H,91,93)(H,92,110)(H,94,105)(H,95,104)/t62-,70+,71+/m1/s1. The van der Waals surface area contributed by atoms with Gasteiger partial charge in [-0.25, -0.2) is 13.4 Å². The van der Waals surface area contributed by atoms with E-state index in [9.17, 15) is 70.0 Å². The fourth-order valence-electron chi connectivity index (χ4n) is 14.4. The second-order valence-corrected chi connectivity index (χ2v) is 37.0. The molecule has 5 aromatic carbocycles.